The van der Waals surface area contributed by atoms with Gasteiger partial charge in [-0.3, -0.25) is 14.5 Å². The van der Waals surface area contributed by atoms with E-state index < -0.39 is 23.5 Å². The molecule has 0 spiro atoms. The highest BCUT2D eigenvalue weighted by Gasteiger charge is 2.45. The Morgan fingerprint density at radius 2 is 1.90 bits per heavy atom. The minimum absolute atomic E-state index is 0.0186. The van der Waals surface area contributed by atoms with E-state index in [4.69, 9.17) is 9.72 Å². The van der Waals surface area contributed by atoms with Gasteiger partial charge in [-0.05, 0) is 66.8 Å². The summed E-state index contributed by atoms with van der Waals surface area (Å²) >= 11 is 1.37. The fourth-order valence-electron chi connectivity index (χ4n) is 4.77. The zero-order valence-corrected chi connectivity index (χ0v) is 23.0. The third kappa shape index (κ3) is 5.36. The lowest BCUT2D eigenvalue weighted by Crippen LogP contribution is -2.30. The molecule has 0 aliphatic carbocycles. The van der Waals surface area contributed by atoms with E-state index in [0.29, 0.717) is 23.1 Å². The average Bonchev–Trinajstić information content (AvgIpc) is 3.46. The van der Waals surface area contributed by atoms with Gasteiger partial charge in [-0.25, -0.2) is 4.98 Å². The maximum atomic E-state index is 13.6. The molecule has 0 bridgehead atoms. The second-order valence-corrected chi connectivity index (χ2v) is 10.7. The number of benzene rings is 3. The van der Waals surface area contributed by atoms with Crippen LogP contribution >= 0.6 is 11.3 Å². The fraction of sp³-hybridized carbons (Fsp3) is 0.219. The molecule has 1 N–H and O–H groups in total. The summed E-state index contributed by atoms with van der Waals surface area (Å²) < 4.78 is 6.86. The number of aryl methyl sites for hydroxylation is 2. The van der Waals surface area contributed by atoms with E-state index >= 15 is 0 Å². The summed E-state index contributed by atoms with van der Waals surface area (Å²) in [6.45, 7) is 6.66. The smallest absolute Gasteiger partial charge is 0.296 e. The highest BCUT2D eigenvalue weighted by Crippen LogP contribution is 2.44. The number of allylic oxidation sites excluding steroid dienone is 1. The summed E-state index contributed by atoms with van der Waals surface area (Å²) in [4.78, 5) is 33.4. The number of unbranched alkanes of at least 4 members (excludes halogenated alkanes) is 1. The minimum atomic E-state index is -0.859. The number of carbonyl (C=O) groups is 2. The van der Waals surface area contributed by atoms with Crippen LogP contribution in [0.2, 0.25) is 0 Å². The van der Waals surface area contributed by atoms with Crippen LogP contribution in [0.1, 0.15) is 48.1 Å². The summed E-state index contributed by atoms with van der Waals surface area (Å²) in [6.07, 6.45) is 5.00. The van der Waals surface area contributed by atoms with E-state index in [0.717, 1.165) is 39.7 Å². The number of aliphatic hydroxyl groups excluding tert-OH is 1. The number of hydrogen-bond donors (Lipinski definition) is 1. The molecular weight excluding hydrogens is 508 g/mol. The van der Waals surface area contributed by atoms with E-state index in [-0.39, 0.29) is 5.57 Å². The van der Waals surface area contributed by atoms with Crippen LogP contribution in [0.25, 0.3) is 16.3 Å². The van der Waals surface area contributed by atoms with Gasteiger partial charge in [0.2, 0.25) is 0 Å². The number of ether oxygens (including phenoxy) is 1. The van der Waals surface area contributed by atoms with Crippen molar-refractivity contribution in [2.24, 2.45) is 0 Å². The molecule has 1 amide bonds. The van der Waals surface area contributed by atoms with Crippen LogP contribution in [0.5, 0.6) is 5.75 Å². The first-order chi connectivity index (χ1) is 18.9. The molecule has 198 valence electrons. The van der Waals surface area contributed by atoms with Crippen molar-refractivity contribution in [3.63, 3.8) is 0 Å². The minimum Gasteiger partial charge on any atom is -0.503 e. The lowest BCUT2D eigenvalue weighted by Gasteiger charge is -2.24. The van der Waals surface area contributed by atoms with Crippen LogP contribution in [0.4, 0.5) is 5.13 Å². The number of rotatable bonds is 9. The Hall–Kier alpha value is -4.23. The zero-order valence-electron chi connectivity index (χ0n) is 22.2. The van der Waals surface area contributed by atoms with Gasteiger partial charge in [-0.2, -0.15) is 0 Å². The highest BCUT2D eigenvalue weighted by atomic mass is 32.1. The number of ketones is 1. The van der Waals surface area contributed by atoms with Crippen molar-refractivity contribution < 1.29 is 19.4 Å². The van der Waals surface area contributed by atoms with Gasteiger partial charge in [0.25, 0.3) is 5.91 Å². The van der Waals surface area contributed by atoms with Gasteiger partial charge in [0, 0.05) is 0 Å². The number of nitrogens with zero attached hydrogens (tertiary/aromatic N) is 2. The van der Waals surface area contributed by atoms with Gasteiger partial charge in [0.1, 0.15) is 5.75 Å². The van der Waals surface area contributed by atoms with Gasteiger partial charge in [-0.15, -0.1) is 0 Å². The molecule has 0 fully saturated rings. The molecule has 3 aromatic carbocycles. The molecule has 1 aromatic heterocycles. The van der Waals surface area contributed by atoms with Crippen molar-refractivity contribution in [3.8, 4) is 5.75 Å². The third-order valence-electron chi connectivity index (χ3n) is 6.67. The van der Waals surface area contributed by atoms with E-state index in [1.165, 1.54) is 22.3 Å². The number of carbonyl (C=O) groups excluding carboxylic acids is 2. The SMILES string of the molecule is CCCCOc1cccc(C2C(C(=O)C=Cc3ccccc3)=C(O)C(=O)N2c2nc3c(C)cc(C)cc3s2)c1. The molecule has 6 nitrogen and oxygen atoms in total. The molecule has 0 radical (unpaired) electrons. The Balaban J connectivity index is 1.60. The zero-order chi connectivity index (χ0) is 27.5. The van der Waals surface area contributed by atoms with Crippen molar-refractivity contribution in [2.45, 2.75) is 39.7 Å². The Morgan fingerprint density at radius 1 is 1.10 bits per heavy atom. The lowest BCUT2D eigenvalue weighted by atomic mass is 9.95. The van der Waals surface area contributed by atoms with Crippen LogP contribution in [0.3, 0.4) is 0 Å². The predicted octanol–water partition coefficient (Wildman–Crippen LogP) is 7.27. The van der Waals surface area contributed by atoms with E-state index in [1.54, 1.807) is 6.08 Å². The number of hydrogen-bond acceptors (Lipinski definition) is 6. The first-order valence-electron chi connectivity index (χ1n) is 13.0. The van der Waals surface area contributed by atoms with Crippen LogP contribution in [-0.4, -0.2) is 28.4 Å². The number of fused-ring (bicyclic) bond motifs is 1. The number of anilines is 1. The molecule has 1 unspecified atom stereocenters. The second-order valence-electron chi connectivity index (χ2n) is 9.65. The standard InChI is InChI=1S/C32H30N2O4S/c1-4-5-16-38-24-13-9-12-23(19-24)29-27(25(35)15-14-22-10-7-6-8-11-22)30(36)31(37)34(29)32-33-28-21(3)17-20(2)18-26(28)39-32/h6-15,17-19,29,36H,4-5,16H2,1-3H3. The predicted molar refractivity (Wildman–Crippen MR) is 156 cm³/mol. The lowest BCUT2D eigenvalue weighted by molar-refractivity contribution is -0.117. The summed E-state index contributed by atoms with van der Waals surface area (Å²) in [5.41, 5.74) is 4.41. The summed E-state index contributed by atoms with van der Waals surface area (Å²) in [6, 6.07) is 20.0. The number of thiazole rings is 1. The van der Waals surface area contributed by atoms with Crippen LogP contribution in [0.15, 0.2) is 84.1 Å². The second kappa shape index (κ2) is 11.3. The summed E-state index contributed by atoms with van der Waals surface area (Å²) in [5.74, 6) is -1.01. The molecule has 0 saturated heterocycles. The molecule has 0 saturated carbocycles. The molecule has 4 aromatic rings. The number of aromatic nitrogens is 1. The number of aliphatic hydroxyl groups is 1. The Labute approximate surface area is 231 Å². The van der Waals surface area contributed by atoms with Gasteiger partial charge in [0.15, 0.2) is 16.7 Å². The molecule has 2 heterocycles. The maximum absolute atomic E-state index is 13.6. The quantitative estimate of drug-likeness (QED) is 0.179. The number of amides is 1. The van der Waals surface area contributed by atoms with Crippen LogP contribution < -0.4 is 9.64 Å². The van der Waals surface area contributed by atoms with Gasteiger partial charge < -0.3 is 9.84 Å². The van der Waals surface area contributed by atoms with Crippen LogP contribution in [0, 0.1) is 13.8 Å². The highest BCUT2D eigenvalue weighted by molar-refractivity contribution is 7.22. The van der Waals surface area contributed by atoms with Gasteiger partial charge in [0.05, 0.1) is 28.4 Å². The van der Waals surface area contributed by atoms with Crippen molar-refractivity contribution in [2.75, 3.05) is 11.5 Å². The Morgan fingerprint density at radius 3 is 2.67 bits per heavy atom. The summed E-state index contributed by atoms with van der Waals surface area (Å²) in [5, 5.41) is 11.5. The largest absolute Gasteiger partial charge is 0.503 e. The van der Waals surface area contributed by atoms with Gasteiger partial charge >= 0.3 is 0 Å². The Kier molecular flexibility index (Phi) is 7.61. The molecule has 1 aliphatic heterocycles. The normalized spacial score (nSPS) is 15.6. The third-order valence-corrected chi connectivity index (χ3v) is 7.67. The van der Waals surface area contributed by atoms with E-state index in [9.17, 15) is 14.7 Å². The molecule has 39 heavy (non-hydrogen) atoms. The molecule has 7 heteroatoms. The first kappa shape index (κ1) is 26.4. The van der Waals surface area contributed by atoms with Crippen molar-refractivity contribution in [1.29, 1.82) is 0 Å². The van der Waals surface area contributed by atoms with Crippen LogP contribution in [-0.2, 0) is 9.59 Å². The van der Waals surface area contributed by atoms with E-state index in [2.05, 4.69) is 6.92 Å². The molecule has 1 atom stereocenters. The maximum Gasteiger partial charge on any atom is 0.296 e. The average molecular weight is 539 g/mol. The van der Waals surface area contributed by atoms with Crippen molar-refractivity contribution in [1.82, 2.24) is 4.98 Å². The van der Waals surface area contributed by atoms with Crippen molar-refractivity contribution >= 4 is 44.5 Å². The van der Waals surface area contributed by atoms with Gasteiger partial charge in [-0.1, -0.05) is 79.3 Å². The van der Waals surface area contributed by atoms with Crippen molar-refractivity contribution in [3.05, 3.63) is 106 Å². The molecule has 1 aliphatic rings. The molecular formula is C32H30N2O4S. The fourth-order valence-corrected chi connectivity index (χ4v) is 5.93. The van der Waals surface area contributed by atoms with E-state index in [1.807, 2.05) is 80.6 Å². The Bertz CT molecular complexity index is 1600. The topological polar surface area (TPSA) is 79.7 Å². The monoisotopic (exact) mass is 538 g/mol. The first-order valence-corrected chi connectivity index (χ1v) is 13.8. The molecule has 5 rings (SSSR count). The summed E-state index contributed by atoms with van der Waals surface area (Å²) in [7, 11) is 0.